The molecular weight excluding hydrogens is 352 g/mol. The van der Waals surface area contributed by atoms with Crippen molar-refractivity contribution in [2.45, 2.75) is 90.7 Å². The zero-order chi connectivity index (χ0) is 20.5. The predicted molar refractivity (Wildman–Crippen MR) is 108 cm³/mol. The maximum Gasteiger partial charge on any atom is 0.252 e. The maximum atomic E-state index is 13.1. The van der Waals surface area contributed by atoms with E-state index in [2.05, 4.69) is 30.6 Å². The highest BCUT2D eigenvalue weighted by Gasteiger charge is 2.66. The van der Waals surface area contributed by atoms with Crippen molar-refractivity contribution >= 4 is 11.8 Å². The molecular formula is C23H36N2O3. The van der Waals surface area contributed by atoms with Crippen molar-refractivity contribution < 1.29 is 14.7 Å². The van der Waals surface area contributed by atoms with Crippen LogP contribution in [0.25, 0.3) is 0 Å². The number of amides is 2. The summed E-state index contributed by atoms with van der Waals surface area (Å²) in [7, 11) is 0. The van der Waals surface area contributed by atoms with E-state index in [1.165, 1.54) is 0 Å². The molecule has 2 amide bonds. The van der Waals surface area contributed by atoms with Gasteiger partial charge in [0.2, 0.25) is 5.91 Å². The normalized spacial score (nSPS) is 45.3. The average molecular weight is 389 g/mol. The monoisotopic (exact) mass is 388 g/mol. The number of rotatable bonds is 1. The highest BCUT2D eigenvalue weighted by molar-refractivity contribution is 5.87. The SMILES string of the molecule is CC(C)(C)NC(=O)[C@@]1(O)CC[C@H]2[C@@H]3CC=C4NC(=O)CC[C@]4(C)[C@H]3CC[C@@]21C. The van der Waals surface area contributed by atoms with Gasteiger partial charge >= 0.3 is 0 Å². The molecule has 0 aromatic heterocycles. The second-order valence-corrected chi connectivity index (χ2v) is 11.3. The van der Waals surface area contributed by atoms with E-state index in [1.54, 1.807) is 0 Å². The Morgan fingerprint density at radius 2 is 1.86 bits per heavy atom. The summed E-state index contributed by atoms with van der Waals surface area (Å²) in [5.74, 6) is 1.26. The quantitative estimate of drug-likeness (QED) is 0.645. The second-order valence-electron chi connectivity index (χ2n) is 11.3. The zero-order valence-corrected chi connectivity index (χ0v) is 18.0. The van der Waals surface area contributed by atoms with Crippen LogP contribution in [0.15, 0.2) is 11.8 Å². The van der Waals surface area contributed by atoms with Gasteiger partial charge in [-0.1, -0.05) is 19.9 Å². The van der Waals surface area contributed by atoms with Crippen LogP contribution in [0.1, 0.15) is 79.6 Å². The Balaban J connectivity index is 1.64. The molecule has 6 atom stereocenters. The Morgan fingerprint density at radius 3 is 2.54 bits per heavy atom. The topological polar surface area (TPSA) is 78.4 Å². The molecule has 3 fully saturated rings. The van der Waals surface area contributed by atoms with Gasteiger partial charge in [0.15, 0.2) is 0 Å². The molecule has 0 aromatic carbocycles. The molecule has 3 N–H and O–H groups in total. The van der Waals surface area contributed by atoms with Gasteiger partial charge in [-0.05, 0) is 77.0 Å². The number of aliphatic hydroxyl groups is 1. The van der Waals surface area contributed by atoms with Crippen molar-refractivity contribution in [3.8, 4) is 0 Å². The molecule has 156 valence electrons. The molecule has 3 aliphatic carbocycles. The molecule has 0 unspecified atom stereocenters. The third kappa shape index (κ3) is 2.68. The number of carbonyl (C=O) groups excluding carboxylic acids is 2. The Hall–Kier alpha value is -1.36. The van der Waals surface area contributed by atoms with Crippen LogP contribution in [0.2, 0.25) is 0 Å². The van der Waals surface area contributed by atoms with Crippen LogP contribution in [0.5, 0.6) is 0 Å². The summed E-state index contributed by atoms with van der Waals surface area (Å²) < 4.78 is 0. The number of hydrogen-bond acceptors (Lipinski definition) is 3. The first-order chi connectivity index (χ1) is 12.9. The average Bonchev–Trinajstić information content (AvgIpc) is 2.87. The number of fused-ring (bicyclic) bond motifs is 5. The number of nitrogens with one attached hydrogen (secondary N) is 2. The Kier molecular flexibility index (Phi) is 4.32. The molecule has 0 spiro atoms. The molecule has 5 heteroatoms. The number of allylic oxidation sites excluding steroid dienone is 2. The van der Waals surface area contributed by atoms with Crippen molar-refractivity contribution in [1.29, 1.82) is 0 Å². The van der Waals surface area contributed by atoms with Crippen LogP contribution in [0.4, 0.5) is 0 Å². The summed E-state index contributed by atoms with van der Waals surface area (Å²) in [5, 5.41) is 17.8. The first-order valence-electron chi connectivity index (χ1n) is 11.0. The third-order valence-electron chi connectivity index (χ3n) is 8.63. The van der Waals surface area contributed by atoms with Gasteiger partial charge < -0.3 is 15.7 Å². The Labute approximate surface area is 168 Å². The molecule has 1 saturated heterocycles. The van der Waals surface area contributed by atoms with Gasteiger partial charge in [-0.25, -0.2) is 0 Å². The van der Waals surface area contributed by atoms with Crippen molar-refractivity contribution in [3.05, 3.63) is 11.8 Å². The molecule has 1 aliphatic heterocycles. The van der Waals surface area contributed by atoms with Crippen molar-refractivity contribution in [3.63, 3.8) is 0 Å². The maximum absolute atomic E-state index is 13.1. The summed E-state index contributed by atoms with van der Waals surface area (Å²) in [6, 6.07) is 0. The van der Waals surface area contributed by atoms with E-state index < -0.39 is 5.60 Å². The van der Waals surface area contributed by atoms with Crippen LogP contribution in [0, 0.1) is 28.6 Å². The lowest BCUT2D eigenvalue weighted by molar-refractivity contribution is -0.165. The molecule has 0 radical (unpaired) electrons. The molecule has 5 nitrogen and oxygen atoms in total. The molecule has 1 heterocycles. The van der Waals surface area contributed by atoms with E-state index in [0.29, 0.717) is 30.6 Å². The lowest BCUT2D eigenvalue weighted by Gasteiger charge is -2.58. The van der Waals surface area contributed by atoms with Gasteiger partial charge in [-0.3, -0.25) is 9.59 Å². The van der Waals surface area contributed by atoms with Gasteiger partial charge in [0.25, 0.3) is 5.91 Å². The van der Waals surface area contributed by atoms with Gasteiger partial charge in [0, 0.05) is 28.5 Å². The molecule has 28 heavy (non-hydrogen) atoms. The predicted octanol–water partition coefficient (Wildman–Crippen LogP) is 3.28. The van der Waals surface area contributed by atoms with Crippen molar-refractivity contribution in [2.24, 2.45) is 28.6 Å². The van der Waals surface area contributed by atoms with Crippen LogP contribution < -0.4 is 10.6 Å². The summed E-state index contributed by atoms with van der Waals surface area (Å²) in [5.41, 5.74) is -0.890. The van der Waals surface area contributed by atoms with Crippen LogP contribution in [-0.2, 0) is 9.59 Å². The van der Waals surface area contributed by atoms with Crippen molar-refractivity contribution in [1.82, 2.24) is 10.6 Å². The second kappa shape index (κ2) is 6.07. The number of hydrogen-bond donors (Lipinski definition) is 3. The third-order valence-corrected chi connectivity index (χ3v) is 8.63. The summed E-state index contributed by atoms with van der Waals surface area (Å²) in [6.45, 7) is 10.3. The van der Waals surface area contributed by atoms with Gasteiger partial charge in [0.05, 0.1) is 0 Å². The summed E-state index contributed by atoms with van der Waals surface area (Å²) >= 11 is 0. The summed E-state index contributed by atoms with van der Waals surface area (Å²) in [6.07, 6.45) is 7.99. The molecule has 4 aliphatic rings. The molecule has 2 saturated carbocycles. The Bertz CT molecular complexity index is 739. The Morgan fingerprint density at radius 1 is 1.18 bits per heavy atom. The van der Waals surface area contributed by atoms with E-state index in [4.69, 9.17) is 0 Å². The fourth-order valence-corrected chi connectivity index (χ4v) is 7.03. The first-order valence-corrected chi connectivity index (χ1v) is 11.0. The van der Waals surface area contributed by atoms with Gasteiger partial charge in [-0.15, -0.1) is 0 Å². The van der Waals surface area contributed by atoms with E-state index in [0.717, 1.165) is 37.8 Å². The van der Waals surface area contributed by atoms with Crippen LogP contribution in [-0.4, -0.2) is 28.1 Å². The smallest absolute Gasteiger partial charge is 0.252 e. The van der Waals surface area contributed by atoms with E-state index in [1.807, 2.05) is 20.8 Å². The van der Waals surface area contributed by atoms with Crippen LogP contribution >= 0.6 is 0 Å². The standard InChI is InChI=1S/C23H36N2O3/c1-20(2,3)25-19(27)23(28)13-9-16-14-6-7-17-21(4,11-10-18(26)24-17)15(14)8-12-22(16,23)5/h7,14-16,28H,6,8-13H2,1-5H3,(H,24,26)(H,25,27)/t14-,15+,16+,21-,22+,23+/m1/s1. The van der Waals surface area contributed by atoms with Crippen LogP contribution in [0.3, 0.4) is 0 Å². The zero-order valence-electron chi connectivity index (χ0n) is 18.0. The largest absolute Gasteiger partial charge is 0.379 e. The minimum atomic E-state index is -1.29. The van der Waals surface area contributed by atoms with E-state index in [9.17, 15) is 14.7 Å². The van der Waals surface area contributed by atoms with Gasteiger partial charge in [0.1, 0.15) is 5.60 Å². The minimum absolute atomic E-state index is 0.0204. The lowest BCUT2D eigenvalue weighted by atomic mass is 9.48. The van der Waals surface area contributed by atoms with E-state index in [-0.39, 0.29) is 28.2 Å². The lowest BCUT2D eigenvalue weighted by Crippen LogP contribution is -2.62. The highest BCUT2D eigenvalue weighted by Crippen LogP contribution is 2.66. The minimum Gasteiger partial charge on any atom is -0.379 e. The van der Waals surface area contributed by atoms with Crippen molar-refractivity contribution in [2.75, 3.05) is 0 Å². The molecule has 0 bridgehead atoms. The first kappa shape index (κ1) is 19.9. The number of carbonyl (C=O) groups is 2. The fourth-order valence-electron chi connectivity index (χ4n) is 7.03. The number of piperidine rings is 1. The molecule has 0 aromatic rings. The fraction of sp³-hybridized carbons (Fsp3) is 0.826. The molecule has 4 rings (SSSR count). The summed E-state index contributed by atoms with van der Waals surface area (Å²) in [4.78, 5) is 25.0. The van der Waals surface area contributed by atoms with E-state index >= 15 is 0 Å². The van der Waals surface area contributed by atoms with Gasteiger partial charge in [-0.2, -0.15) is 0 Å². The highest BCUT2D eigenvalue weighted by atomic mass is 16.3.